The van der Waals surface area contributed by atoms with Crippen LogP contribution in [0.2, 0.25) is 0 Å². The number of para-hydroxylation sites is 1. The van der Waals surface area contributed by atoms with Crippen molar-refractivity contribution in [3.05, 3.63) is 29.8 Å². The van der Waals surface area contributed by atoms with Crippen LogP contribution in [0.3, 0.4) is 0 Å². The molecule has 4 nitrogen and oxygen atoms in total. The minimum Gasteiger partial charge on any atom is -0.326 e. The number of rotatable bonds is 7. The van der Waals surface area contributed by atoms with Crippen molar-refractivity contribution in [3.63, 3.8) is 0 Å². The van der Waals surface area contributed by atoms with E-state index in [0.717, 1.165) is 36.9 Å². The maximum absolute atomic E-state index is 11.2. The molecule has 0 saturated heterocycles. The van der Waals surface area contributed by atoms with Crippen molar-refractivity contribution in [2.24, 2.45) is 0 Å². The first-order valence-electron chi connectivity index (χ1n) is 7.93. The number of hydrogen-bond acceptors (Lipinski definition) is 3. The van der Waals surface area contributed by atoms with E-state index in [9.17, 15) is 4.79 Å². The molecule has 1 aromatic rings. The number of hydrogen-bond donors (Lipinski definition) is 2. The smallest absolute Gasteiger partial charge is 0.221 e. The second-order valence-electron chi connectivity index (χ2n) is 5.93. The normalized spacial score (nSPS) is 15.6. The van der Waals surface area contributed by atoms with E-state index in [1.807, 2.05) is 18.2 Å². The Kier molecular flexibility index (Phi) is 6.21. The van der Waals surface area contributed by atoms with Crippen LogP contribution in [0.15, 0.2) is 24.3 Å². The third-order valence-electron chi connectivity index (χ3n) is 4.23. The third-order valence-corrected chi connectivity index (χ3v) is 4.23. The minimum atomic E-state index is -0.0246. The van der Waals surface area contributed by atoms with E-state index < -0.39 is 0 Å². The molecule has 2 N–H and O–H groups in total. The van der Waals surface area contributed by atoms with Crippen LogP contribution in [0, 0.1) is 0 Å². The molecule has 116 valence electrons. The Morgan fingerprint density at radius 2 is 2.00 bits per heavy atom. The second-order valence-corrected chi connectivity index (χ2v) is 5.93. The molecule has 0 spiro atoms. The number of nitrogens with zero attached hydrogens (tertiary/aromatic N) is 1. The molecule has 1 aromatic carbocycles. The Balaban J connectivity index is 1.74. The number of carbonyl (C=O) groups excluding carboxylic acids is 1. The molecular weight excluding hydrogens is 262 g/mol. The van der Waals surface area contributed by atoms with Crippen LogP contribution in [0.1, 0.15) is 38.2 Å². The Morgan fingerprint density at radius 1 is 1.29 bits per heavy atom. The summed E-state index contributed by atoms with van der Waals surface area (Å²) in [4.78, 5) is 13.7. The van der Waals surface area contributed by atoms with Crippen LogP contribution in [-0.4, -0.2) is 37.0 Å². The van der Waals surface area contributed by atoms with Crippen molar-refractivity contribution in [1.29, 1.82) is 0 Å². The fraction of sp³-hybridized carbons (Fsp3) is 0.588. The number of amides is 1. The zero-order valence-electron chi connectivity index (χ0n) is 13.2. The zero-order valence-corrected chi connectivity index (χ0v) is 13.2. The summed E-state index contributed by atoms with van der Waals surface area (Å²) in [5, 5.41) is 6.36. The second kappa shape index (κ2) is 8.15. The molecule has 0 aliphatic heterocycles. The number of anilines is 1. The molecule has 2 rings (SSSR count). The fourth-order valence-corrected chi connectivity index (χ4v) is 2.99. The molecule has 0 aromatic heterocycles. The van der Waals surface area contributed by atoms with Crippen LogP contribution in [0.25, 0.3) is 0 Å². The highest BCUT2D eigenvalue weighted by molar-refractivity contribution is 5.89. The van der Waals surface area contributed by atoms with Gasteiger partial charge in [-0.2, -0.15) is 0 Å². The average molecular weight is 289 g/mol. The zero-order chi connectivity index (χ0) is 15.1. The van der Waals surface area contributed by atoms with Gasteiger partial charge in [-0.05, 0) is 31.5 Å². The molecule has 0 unspecified atom stereocenters. The quantitative estimate of drug-likeness (QED) is 0.758. The van der Waals surface area contributed by atoms with E-state index in [0.29, 0.717) is 0 Å². The van der Waals surface area contributed by atoms with Gasteiger partial charge in [-0.15, -0.1) is 0 Å². The summed E-state index contributed by atoms with van der Waals surface area (Å²) in [6.07, 6.45) is 5.46. The molecule has 1 fully saturated rings. The minimum absolute atomic E-state index is 0.0246. The first-order valence-corrected chi connectivity index (χ1v) is 7.93. The summed E-state index contributed by atoms with van der Waals surface area (Å²) in [5.41, 5.74) is 2.04. The van der Waals surface area contributed by atoms with Crippen LogP contribution in [0.5, 0.6) is 0 Å². The van der Waals surface area contributed by atoms with Gasteiger partial charge in [-0.25, -0.2) is 0 Å². The van der Waals surface area contributed by atoms with Crippen LogP contribution in [-0.2, 0) is 11.3 Å². The molecule has 4 heteroatoms. The van der Waals surface area contributed by atoms with E-state index in [-0.39, 0.29) is 5.91 Å². The van der Waals surface area contributed by atoms with Gasteiger partial charge in [0, 0.05) is 38.3 Å². The lowest BCUT2D eigenvalue weighted by Gasteiger charge is -2.24. The summed E-state index contributed by atoms with van der Waals surface area (Å²) >= 11 is 0. The lowest BCUT2D eigenvalue weighted by molar-refractivity contribution is -0.114. The molecule has 1 aliphatic carbocycles. The standard InChI is InChI=1S/C17H27N3O/c1-14(21)19-17-10-6-3-7-15(17)13-18-11-12-20(2)16-8-4-5-9-16/h3,6-7,10,16,18H,4-5,8-9,11-13H2,1-2H3,(H,19,21). The van der Waals surface area contributed by atoms with Gasteiger partial charge in [0.05, 0.1) is 0 Å². The molecule has 0 heterocycles. The van der Waals surface area contributed by atoms with Crippen LogP contribution in [0.4, 0.5) is 5.69 Å². The van der Waals surface area contributed by atoms with Gasteiger partial charge in [0.25, 0.3) is 0 Å². The largest absolute Gasteiger partial charge is 0.326 e. The lowest BCUT2D eigenvalue weighted by atomic mass is 10.1. The van der Waals surface area contributed by atoms with E-state index >= 15 is 0 Å². The average Bonchev–Trinajstić information content (AvgIpc) is 2.98. The van der Waals surface area contributed by atoms with Crippen molar-refractivity contribution in [3.8, 4) is 0 Å². The summed E-state index contributed by atoms with van der Waals surface area (Å²) in [6, 6.07) is 8.73. The van der Waals surface area contributed by atoms with Crippen molar-refractivity contribution in [2.45, 2.75) is 45.2 Å². The van der Waals surface area contributed by atoms with Crippen molar-refractivity contribution < 1.29 is 4.79 Å². The summed E-state index contributed by atoms with van der Waals surface area (Å²) in [5.74, 6) is -0.0246. The predicted octanol–water partition coefficient (Wildman–Crippen LogP) is 2.61. The maximum atomic E-state index is 11.2. The highest BCUT2D eigenvalue weighted by Gasteiger charge is 2.18. The van der Waals surface area contributed by atoms with E-state index in [1.165, 1.54) is 25.7 Å². The van der Waals surface area contributed by atoms with Gasteiger partial charge in [0.15, 0.2) is 0 Å². The predicted molar refractivity (Wildman–Crippen MR) is 87.3 cm³/mol. The highest BCUT2D eigenvalue weighted by atomic mass is 16.1. The molecule has 0 radical (unpaired) electrons. The Hall–Kier alpha value is -1.39. The maximum Gasteiger partial charge on any atom is 0.221 e. The third kappa shape index (κ3) is 5.14. The monoisotopic (exact) mass is 289 g/mol. The van der Waals surface area contributed by atoms with Crippen molar-refractivity contribution in [1.82, 2.24) is 10.2 Å². The first-order chi connectivity index (χ1) is 10.2. The molecule has 1 amide bonds. The van der Waals surface area contributed by atoms with Crippen LogP contribution >= 0.6 is 0 Å². The summed E-state index contributed by atoms with van der Waals surface area (Å²) in [6.45, 7) is 4.38. The Morgan fingerprint density at radius 3 is 2.71 bits per heavy atom. The molecular formula is C17H27N3O. The summed E-state index contributed by atoms with van der Waals surface area (Å²) in [7, 11) is 2.23. The number of carbonyl (C=O) groups is 1. The molecule has 21 heavy (non-hydrogen) atoms. The SMILES string of the molecule is CC(=O)Nc1ccccc1CNCCN(C)C1CCCC1. The van der Waals surface area contributed by atoms with Gasteiger partial charge < -0.3 is 15.5 Å². The lowest BCUT2D eigenvalue weighted by Crippen LogP contribution is -2.35. The van der Waals surface area contributed by atoms with E-state index in [4.69, 9.17) is 0 Å². The molecule has 1 aliphatic rings. The summed E-state index contributed by atoms with van der Waals surface area (Å²) < 4.78 is 0. The molecule has 1 saturated carbocycles. The first kappa shape index (κ1) is 16.0. The van der Waals surface area contributed by atoms with Crippen molar-refractivity contribution in [2.75, 3.05) is 25.5 Å². The van der Waals surface area contributed by atoms with Gasteiger partial charge in [0.2, 0.25) is 5.91 Å². The number of benzene rings is 1. The van der Waals surface area contributed by atoms with E-state index in [2.05, 4.69) is 28.6 Å². The van der Waals surface area contributed by atoms with Gasteiger partial charge >= 0.3 is 0 Å². The molecule has 0 bridgehead atoms. The van der Waals surface area contributed by atoms with Gasteiger partial charge in [-0.3, -0.25) is 4.79 Å². The Labute approximate surface area is 127 Å². The fourth-order valence-electron chi connectivity index (χ4n) is 2.99. The van der Waals surface area contributed by atoms with E-state index in [1.54, 1.807) is 6.92 Å². The van der Waals surface area contributed by atoms with Gasteiger partial charge in [-0.1, -0.05) is 31.0 Å². The number of nitrogens with one attached hydrogen (secondary N) is 2. The molecule has 0 atom stereocenters. The number of likely N-dealkylation sites (N-methyl/N-ethyl adjacent to an activating group) is 1. The van der Waals surface area contributed by atoms with Crippen LogP contribution < -0.4 is 10.6 Å². The van der Waals surface area contributed by atoms with Gasteiger partial charge in [0.1, 0.15) is 0 Å². The van der Waals surface area contributed by atoms with Crippen molar-refractivity contribution >= 4 is 11.6 Å². The topological polar surface area (TPSA) is 44.4 Å². The Bertz CT molecular complexity index is 455. The highest BCUT2D eigenvalue weighted by Crippen LogP contribution is 2.21.